The van der Waals surface area contributed by atoms with E-state index in [0.29, 0.717) is 0 Å². The third-order valence-corrected chi connectivity index (χ3v) is 4.77. The van der Waals surface area contributed by atoms with Crippen LogP contribution in [0.3, 0.4) is 0 Å². The fourth-order valence-electron chi connectivity index (χ4n) is 2.55. The Bertz CT molecular complexity index is 615. The van der Waals surface area contributed by atoms with Gasteiger partial charge in [0.2, 0.25) is 0 Å². The van der Waals surface area contributed by atoms with Crippen molar-refractivity contribution in [3.8, 4) is 0 Å². The molecule has 0 fully saturated rings. The van der Waals surface area contributed by atoms with Crippen LogP contribution in [0, 0.1) is 6.92 Å². The molecule has 0 aliphatic heterocycles. The Balaban J connectivity index is 2.33. The summed E-state index contributed by atoms with van der Waals surface area (Å²) in [4.78, 5) is 0. The van der Waals surface area contributed by atoms with Crippen molar-refractivity contribution in [2.24, 2.45) is 12.9 Å². The van der Waals surface area contributed by atoms with Gasteiger partial charge in [0.1, 0.15) is 0 Å². The molecular weight excluding hydrogens is 332 g/mol. The summed E-state index contributed by atoms with van der Waals surface area (Å²) in [7, 11) is 1.95. The van der Waals surface area contributed by atoms with Gasteiger partial charge in [-0.15, -0.1) is 0 Å². The van der Waals surface area contributed by atoms with Crippen LogP contribution in [0.2, 0.25) is 0 Å². The average Bonchev–Trinajstić information content (AvgIpc) is 2.98. The highest BCUT2D eigenvalue weighted by atomic mass is 79.9. The van der Waals surface area contributed by atoms with Gasteiger partial charge in [-0.05, 0) is 42.3 Å². The molecule has 0 amide bonds. The molecule has 2 aromatic heterocycles. The van der Waals surface area contributed by atoms with Crippen molar-refractivity contribution >= 4 is 15.9 Å². The SMILES string of the molecule is CCc1cc(C(Cc2c(Br)c(C)nn2CC)NN)n(C)n1. The van der Waals surface area contributed by atoms with Crippen LogP contribution in [0.4, 0.5) is 0 Å². The summed E-state index contributed by atoms with van der Waals surface area (Å²) in [6, 6.07) is 2.11. The standard InChI is InChI=1S/C14H23BrN6/c1-5-10-7-12(20(4)19-10)11(17-16)8-13-14(15)9(3)18-21(13)6-2/h7,11,17H,5-6,8,16H2,1-4H3. The van der Waals surface area contributed by atoms with Crippen molar-refractivity contribution in [1.29, 1.82) is 0 Å². The second kappa shape index (κ2) is 6.72. The Morgan fingerprint density at radius 2 is 2.10 bits per heavy atom. The van der Waals surface area contributed by atoms with E-state index in [1.54, 1.807) is 0 Å². The van der Waals surface area contributed by atoms with E-state index in [4.69, 9.17) is 5.84 Å². The molecule has 0 aliphatic carbocycles. The second-order valence-electron chi connectivity index (χ2n) is 5.12. The van der Waals surface area contributed by atoms with Crippen molar-refractivity contribution in [2.75, 3.05) is 0 Å². The number of nitrogens with two attached hydrogens (primary N) is 1. The van der Waals surface area contributed by atoms with Crippen LogP contribution in [-0.2, 0) is 26.4 Å². The van der Waals surface area contributed by atoms with E-state index in [1.165, 1.54) is 0 Å². The molecule has 1 atom stereocenters. The van der Waals surface area contributed by atoms with Gasteiger partial charge in [-0.3, -0.25) is 20.6 Å². The lowest BCUT2D eigenvalue weighted by atomic mass is 10.1. The maximum Gasteiger partial charge on any atom is 0.0738 e. The lowest BCUT2D eigenvalue weighted by molar-refractivity contribution is 0.485. The molecule has 0 aromatic carbocycles. The largest absolute Gasteiger partial charge is 0.271 e. The molecule has 6 nitrogen and oxygen atoms in total. The quantitative estimate of drug-likeness (QED) is 0.614. The smallest absolute Gasteiger partial charge is 0.0738 e. The van der Waals surface area contributed by atoms with Crippen LogP contribution >= 0.6 is 15.9 Å². The number of aryl methyl sites for hydroxylation is 4. The topological polar surface area (TPSA) is 73.7 Å². The van der Waals surface area contributed by atoms with E-state index in [9.17, 15) is 0 Å². The van der Waals surface area contributed by atoms with Crippen molar-refractivity contribution in [1.82, 2.24) is 25.0 Å². The number of aromatic nitrogens is 4. The lowest BCUT2D eigenvalue weighted by Crippen LogP contribution is -2.31. The Morgan fingerprint density at radius 3 is 2.62 bits per heavy atom. The molecule has 7 heteroatoms. The number of nitrogens with one attached hydrogen (secondary N) is 1. The summed E-state index contributed by atoms with van der Waals surface area (Å²) < 4.78 is 4.97. The predicted molar refractivity (Wildman–Crippen MR) is 86.7 cm³/mol. The number of hydrogen-bond acceptors (Lipinski definition) is 4. The molecule has 2 rings (SSSR count). The van der Waals surface area contributed by atoms with Crippen LogP contribution in [0.15, 0.2) is 10.5 Å². The summed E-state index contributed by atoms with van der Waals surface area (Å²) in [5.41, 5.74) is 7.22. The van der Waals surface area contributed by atoms with Gasteiger partial charge in [0, 0.05) is 20.0 Å². The van der Waals surface area contributed by atoms with E-state index in [-0.39, 0.29) is 6.04 Å². The van der Waals surface area contributed by atoms with Crippen molar-refractivity contribution < 1.29 is 0 Å². The number of nitrogens with zero attached hydrogens (tertiary/aromatic N) is 4. The number of rotatable bonds is 6. The zero-order valence-electron chi connectivity index (χ0n) is 13.0. The van der Waals surface area contributed by atoms with E-state index in [2.05, 4.69) is 51.5 Å². The van der Waals surface area contributed by atoms with Crippen molar-refractivity contribution in [3.05, 3.63) is 33.3 Å². The first-order valence-corrected chi connectivity index (χ1v) is 8.01. The molecule has 0 aliphatic rings. The van der Waals surface area contributed by atoms with Crippen molar-refractivity contribution in [3.63, 3.8) is 0 Å². The molecular formula is C14H23BrN6. The van der Waals surface area contributed by atoms with E-state index in [1.807, 2.05) is 23.3 Å². The monoisotopic (exact) mass is 354 g/mol. The Kier molecular flexibility index (Phi) is 5.18. The summed E-state index contributed by atoms with van der Waals surface area (Å²) in [6.07, 6.45) is 1.68. The lowest BCUT2D eigenvalue weighted by Gasteiger charge is -2.17. The normalized spacial score (nSPS) is 12.9. The van der Waals surface area contributed by atoms with Crippen LogP contribution < -0.4 is 11.3 Å². The van der Waals surface area contributed by atoms with Crippen LogP contribution in [0.25, 0.3) is 0 Å². The number of hydrazine groups is 1. The highest BCUT2D eigenvalue weighted by Crippen LogP contribution is 2.26. The number of halogens is 1. The molecule has 3 N–H and O–H groups in total. The molecule has 21 heavy (non-hydrogen) atoms. The van der Waals surface area contributed by atoms with Crippen LogP contribution in [0.1, 0.15) is 42.7 Å². The first-order valence-electron chi connectivity index (χ1n) is 7.22. The highest BCUT2D eigenvalue weighted by molar-refractivity contribution is 9.10. The van der Waals surface area contributed by atoms with Crippen molar-refractivity contribution in [2.45, 2.75) is 46.2 Å². The summed E-state index contributed by atoms with van der Waals surface area (Å²) >= 11 is 3.64. The summed E-state index contributed by atoms with van der Waals surface area (Å²) in [5.74, 6) is 5.78. The number of hydrogen-bond donors (Lipinski definition) is 2. The average molecular weight is 355 g/mol. The molecule has 1 unspecified atom stereocenters. The molecule has 2 aromatic rings. The van der Waals surface area contributed by atoms with Gasteiger partial charge in [-0.25, -0.2) is 0 Å². The van der Waals surface area contributed by atoms with Gasteiger partial charge >= 0.3 is 0 Å². The molecule has 0 saturated carbocycles. The van der Waals surface area contributed by atoms with E-state index < -0.39 is 0 Å². The van der Waals surface area contributed by atoms with Gasteiger partial charge in [0.25, 0.3) is 0 Å². The van der Waals surface area contributed by atoms with E-state index in [0.717, 1.165) is 46.6 Å². The minimum atomic E-state index is 0.000463. The third kappa shape index (κ3) is 3.20. The summed E-state index contributed by atoms with van der Waals surface area (Å²) in [5, 5.41) is 9.03. The maximum atomic E-state index is 5.78. The molecule has 2 heterocycles. The van der Waals surface area contributed by atoms with Gasteiger partial charge in [-0.2, -0.15) is 10.2 Å². The zero-order chi connectivity index (χ0) is 15.6. The minimum absolute atomic E-state index is 0.000463. The van der Waals surface area contributed by atoms with Gasteiger partial charge in [0.05, 0.1) is 33.3 Å². The molecule has 0 radical (unpaired) electrons. The van der Waals surface area contributed by atoms with Gasteiger partial charge in [0.15, 0.2) is 0 Å². The molecule has 0 spiro atoms. The first-order chi connectivity index (χ1) is 10.0. The Hall–Kier alpha value is -1.18. The highest BCUT2D eigenvalue weighted by Gasteiger charge is 2.21. The fraction of sp³-hybridized carbons (Fsp3) is 0.571. The Morgan fingerprint density at radius 1 is 1.38 bits per heavy atom. The molecule has 116 valence electrons. The van der Waals surface area contributed by atoms with E-state index >= 15 is 0 Å². The van der Waals surface area contributed by atoms with Crippen LogP contribution in [0.5, 0.6) is 0 Å². The minimum Gasteiger partial charge on any atom is -0.271 e. The molecule has 0 saturated heterocycles. The molecule has 0 bridgehead atoms. The zero-order valence-corrected chi connectivity index (χ0v) is 14.6. The fourth-order valence-corrected chi connectivity index (χ4v) is 2.99. The predicted octanol–water partition coefficient (Wildman–Crippen LogP) is 2.02. The van der Waals surface area contributed by atoms with Crippen LogP contribution in [-0.4, -0.2) is 19.6 Å². The van der Waals surface area contributed by atoms with Gasteiger partial charge in [-0.1, -0.05) is 6.92 Å². The summed E-state index contributed by atoms with van der Waals surface area (Å²) in [6.45, 7) is 7.03. The van der Waals surface area contributed by atoms with Gasteiger partial charge < -0.3 is 0 Å². The third-order valence-electron chi connectivity index (χ3n) is 3.74. The maximum absolute atomic E-state index is 5.78. The second-order valence-corrected chi connectivity index (χ2v) is 5.92. The first kappa shape index (κ1) is 16.2. The Labute approximate surface area is 133 Å².